The fourth-order valence-electron chi connectivity index (χ4n) is 2.81. The summed E-state index contributed by atoms with van der Waals surface area (Å²) in [5, 5.41) is 0. The lowest BCUT2D eigenvalue weighted by molar-refractivity contribution is 0.205. The van der Waals surface area contributed by atoms with Gasteiger partial charge in [0.25, 0.3) is 0 Å². The van der Waals surface area contributed by atoms with Crippen molar-refractivity contribution in [3.8, 4) is 0 Å². The Hall–Kier alpha value is -0.0800. The predicted molar refractivity (Wildman–Crippen MR) is 71.6 cm³/mol. The fraction of sp³-hybridized carbons (Fsp3) is 1.00. The molecule has 0 heterocycles. The second-order valence-electron chi connectivity index (χ2n) is 6.28. The first-order valence-electron chi connectivity index (χ1n) is 6.92. The minimum absolute atomic E-state index is 0.159. The van der Waals surface area contributed by atoms with Crippen molar-refractivity contribution in [3.63, 3.8) is 0 Å². The summed E-state index contributed by atoms with van der Waals surface area (Å²) in [5.41, 5.74) is 6.54. The minimum Gasteiger partial charge on any atom is -0.325 e. The SMILES string of the molecule is CC(C)CC(C)N(C)CCC1(N)CCCC1. The maximum atomic E-state index is 6.38. The van der Waals surface area contributed by atoms with E-state index in [1.165, 1.54) is 38.5 Å². The number of rotatable bonds is 6. The lowest BCUT2D eigenvalue weighted by Gasteiger charge is -2.30. The normalized spacial score (nSPS) is 21.9. The van der Waals surface area contributed by atoms with Crippen LogP contribution in [0.3, 0.4) is 0 Å². The lowest BCUT2D eigenvalue weighted by atomic mass is 9.94. The van der Waals surface area contributed by atoms with Gasteiger partial charge in [0.15, 0.2) is 0 Å². The molecule has 96 valence electrons. The quantitative estimate of drug-likeness (QED) is 0.754. The van der Waals surface area contributed by atoms with Crippen molar-refractivity contribution in [2.45, 2.75) is 70.9 Å². The third kappa shape index (κ3) is 4.42. The Morgan fingerprint density at radius 1 is 1.19 bits per heavy atom. The molecular formula is C14H30N2. The van der Waals surface area contributed by atoms with Gasteiger partial charge < -0.3 is 10.6 Å². The van der Waals surface area contributed by atoms with E-state index in [-0.39, 0.29) is 5.54 Å². The topological polar surface area (TPSA) is 29.3 Å². The van der Waals surface area contributed by atoms with Gasteiger partial charge in [0.1, 0.15) is 0 Å². The first kappa shape index (κ1) is 14.0. The summed E-state index contributed by atoms with van der Waals surface area (Å²) in [7, 11) is 2.24. The monoisotopic (exact) mass is 226 g/mol. The van der Waals surface area contributed by atoms with Crippen LogP contribution >= 0.6 is 0 Å². The van der Waals surface area contributed by atoms with Crippen LogP contribution in [-0.2, 0) is 0 Å². The van der Waals surface area contributed by atoms with E-state index < -0.39 is 0 Å². The standard InChI is InChI=1S/C14H30N2/c1-12(2)11-13(3)16(4)10-9-14(15)7-5-6-8-14/h12-13H,5-11,15H2,1-4H3. The average Bonchev–Trinajstić information content (AvgIpc) is 2.61. The number of nitrogens with two attached hydrogens (primary N) is 1. The summed E-state index contributed by atoms with van der Waals surface area (Å²) >= 11 is 0. The van der Waals surface area contributed by atoms with Gasteiger partial charge in [0.05, 0.1) is 0 Å². The van der Waals surface area contributed by atoms with Crippen LogP contribution in [0.5, 0.6) is 0 Å². The summed E-state index contributed by atoms with van der Waals surface area (Å²) in [6.45, 7) is 8.08. The molecule has 1 fully saturated rings. The molecule has 1 aliphatic carbocycles. The molecule has 2 heteroatoms. The van der Waals surface area contributed by atoms with Crippen molar-refractivity contribution in [1.29, 1.82) is 0 Å². The Morgan fingerprint density at radius 2 is 1.75 bits per heavy atom. The second kappa shape index (κ2) is 6.02. The van der Waals surface area contributed by atoms with Gasteiger partial charge in [-0.25, -0.2) is 0 Å². The van der Waals surface area contributed by atoms with Gasteiger partial charge in [-0.3, -0.25) is 0 Å². The molecule has 0 aromatic carbocycles. The molecule has 0 spiro atoms. The van der Waals surface area contributed by atoms with E-state index in [0.29, 0.717) is 6.04 Å². The van der Waals surface area contributed by atoms with Gasteiger partial charge in [-0.05, 0) is 52.1 Å². The third-order valence-corrected chi connectivity index (χ3v) is 4.13. The maximum absolute atomic E-state index is 6.38. The highest BCUT2D eigenvalue weighted by atomic mass is 15.1. The number of hydrogen-bond acceptors (Lipinski definition) is 2. The highest BCUT2D eigenvalue weighted by Crippen LogP contribution is 2.30. The fourth-order valence-corrected chi connectivity index (χ4v) is 2.81. The number of nitrogens with zero attached hydrogens (tertiary/aromatic N) is 1. The Kier molecular flexibility index (Phi) is 5.26. The van der Waals surface area contributed by atoms with Crippen LogP contribution in [0.4, 0.5) is 0 Å². The van der Waals surface area contributed by atoms with E-state index in [0.717, 1.165) is 12.5 Å². The van der Waals surface area contributed by atoms with Crippen molar-refractivity contribution in [3.05, 3.63) is 0 Å². The van der Waals surface area contributed by atoms with Crippen LogP contribution in [0.25, 0.3) is 0 Å². The van der Waals surface area contributed by atoms with Crippen molar-refractivity contribution >= 4 is 0 Å². The Morgan fingerprint density at radius 3 is 2.25 bits per heavy atom. The van der Waals surface area contributed by atoms with Crippen molar-refractivity contribution in [2.75, 3.05) is 13.6 Å². The Balaban J connectivity index is 2.25. The molecule has 16 heavy (non-hydrogen) atoms. The van der Waals surface area contributed by atoms with Crippen LogP contribution in [-0.4, -0.2) is 30.1 Å². The maximum Gasteiger partial charge on any atom is 0.0166 e. The lowest BCUT2D eigenvalue weighted by Crippen LogP contribution is -2.41. The molecule has 0 amide bonds. The van der Waals surface area contributed by atoms with Crippen molar-refractivity contribution in [2.24, 2.45) is 11.7 Å². The molecular weight excluding hydrogens is 196 g/mol. The van der Waals surface area contributed by atoms with Gasteiger partial charge in [0.2, 0.25) is 0 Å². The summed E-state index contributed by atoms with van der Waals surface area (Å²) in [6.07, 6.45) is 7.60. The first-order valence-corrected chi connectivity index (χ1v) is 6.92. The zero-order valence-corrected chi connectivity index (χ0v) is 11.6. The molecule has 0 saturated heterocycles. The Bertz CT molecular complexity index is 195. The summed E-state index contributed by atoms with van der Waals surface area (Å²) in [4.78, 5) is 2.48. The molecule has 0 radical (unpaired) electrons. The van der Waals surface area contributed by atoms with E-state index in [1.807, 2.05) is 0 Å². The van der Waals surface area contributed by atoms with Gasteiger partial charge in [-0.2, -0.15) is 0 Å². The van der Waals surface area contributed by atoms with E-state index in [1.54, 1.807) is 0 Å². The van der Waals surface area contributed by atoms with Crippen LogP contribution in [0.1, 0.15) is 59.3 Å². The van der Waals surface area contributed by atoms with Gasteiger partial charge >= 0.3 is 0 Å². The second-order valence-corrected chi connectivity index (χ2v) is 6.28. The summed E-state index contributed by atoms with van der Waals surface area (Å²) in [6, 6.07) is 0.685. The van der Waals surface area contributed by atoms with Crippen LogP contribution < -0.4 is 5.73 Å². The van der Waals surface area contributed by atoms with Crippen molar-refractivity contribution < 1.29 is 0 Å². The summed E-state index contributed by atoms with van der Waals surface area (Å²) in [5.74, 6) is 0.788. The zero-order chi connectivity index (χ0) is 12.2. The van der Waals surface area contributed by atoms with Gasteiger partial charge in [-0.1, -0.05) is 26.7 Å². The molecule has 0 aromatic rings. The van der Waals surface area contributed by atoms with Crippen LogP contribution in [0, 0.1) is 5.92 Å². The van der Waals surface area contributed by atoms with Crippen molar-refractivity contribution in [1.82, 2.24) is 4.90 Å². The molecule has 2 N–H and O–H groups in total. The average molecular weight is 226 g/mol. The first-order chi connectivity index (χ1) is 7.43. The molecule has 1 atom stereocenters. The van der Waals surface area contributed by atoms with Gasteiger partial charge in [0, 0.05) is 11.6 Å². The van der Waals surface area contributed by atoms with Gasteiger partial charge in [-0.15, -0.1) is 0 Å². The highest BCUT2D eigenvalue weighted by molar-refractivity contribution is 4.89. The minimum atomic E-state index is 0.159. The molecule has 0 bridgehead atoms. The van der Waals surface area contributed by atoms with E-state index in [4.69, 9.17) is 5.73 Å². The van der Waals surface area contributed by atoms with Crippen LogP contribution in [0.15, 0.2) is 0 Å². The number of hydrogen-bond donors (Lipinski definition) is 1. The Labute approximate surface area is 102 Å². The van der Waals surface area contributed by atoms with Crippen LogP contribution in [0.2, 0.25) is 0 Å². The molecule has 1 rings (SSSR count). The predicted octanol–water partition coefficient (Wildman–Crippen LogP) is 3.01. The smallest absolute Gasteiger partial charge is 0.0166 e. The van der Waals surface area contributed by atoms with E-state index in [9.17, 15) is 0 Å². The third-order valence-electron chi connectivity index (χ3n) is 4.13. The molecule has 1 unspecified atom stereocenters. The summed E-state index contributed by atoms with van der Waals surface area (Å²) < 4.78 is 0. The highest BCUT2D eigenvalue weighted by Gasteiger charge is 2.29. The van der Waals surface area contributed by atoms with E-state index >= 15 is 0 Å². The zero-order valence-electron chi connectivity index (χ0n) is 11.6. The molecule has 0 aliphatic heterocycles. The van der Waals surface area contributed by atoms with E-state index in [2.05, 4.69) is 32.7 Å². The molecule has 0 aromatic heterocycles. The molecule has 1 saturated carbocycles. The molecule has 1 aliphatic rings. The molecule has 2 nitrogen and oxygen atoms in total. The largest absolute Gasteiger partial charge is 0.325 e.